The van der Waals surface area contributed by atoms with Crippen LogP contribution >= 0.6 is 0 Å². The normalized spacial score (nSPS) is 9.92. The van der Waals surface area contributed by atoms with E-state index in [1.807, 2.05) is 6.07 Å². The fourth-order valence-corrected chi connectivity index (χ4v) is 1.37. The van der Waals surface area contributed by atoms with Gasteiger partial charge in [0, 0.05) is 0 Å². The Kier molecular flexibility index (Phi) is 3.56. The highest BCUT2D eigenvalue weighted by atomic mass is 16.3. The molecule has 1 rings (SSSR count). The zero-order valence-electron chi connectivity index (χ0n) is 8.09. The highest BCUT2D eigenvalue weighted by Crippen LogP contribution is 2.19. The van der Waals surface area contributed by atoms with Crippen LogP contribution in [0.2, 0.25) is 0 Å². The van der Waals surface area contributed by atoms with E-state index in [2.05, 4.69) is 13.5 Å². The van der Waals surface area contributed by atoms with Crippen molar-refractivity contribution >= 4 is 6.08 Å². The minimum atomic E-state index is 0.315. The fourth-order valence-electron chi connectivity index (χ4n) is 1.37. The van der Waals surface area contributed by atoms with Crippen LogP contribution in [0, 0.1) is 0 Å². The first kappa shape index (κ1) is 9.85. The lowest BCUT2D eigenvalue weighted by Gasteiger charge is -2.05. The summed E-state index contributed by atoms with van der Waals surface area (Å²) in [6, 6.07) is 5.47. The lowest BCUT2D eigenvalue weighted by Crippen LogP contribution is -1.88. The Bertz CT molecular complexity index is 289. The maximum absolute atomic E-state index is 9.25. The summed E-state index contributed by atoms with van der Waals surface area (Å²) < 4.78 is 0. The number of unbranched alkanes of at least 4 members (excludes halogenated alkanes) is 1. The Morgan fingerprint density at radius 2 is 2.23 bits per heavy atom. The zero-order chi connectivity index (χ0) is 9.68. The summed E-state index contributed by atoms with van der Waals surface area (Å²) in [5.74, 6) is 0.315. The predicted octanol–water partition coefficient (Wildman–Crippen LogP) is 3.38. The van der Waals surface area contributed by atoms with Gasteiger partial charge in [0.25, 0.3) is 0 Å². The number of aryl methyl sites for hydroxylation is 1. The highest BCUT2D eigenvalue weighted by Gasteiger charge is 1.99. The molecule has 0 atom stereocenters. The lowest BCUT2D eigenvalue weighted by atomic mass is 10.0. The topological polar surface area (TPSA) is 20.2 Å². The molecule has 0 saturated carbocycles. The van der Waals surface area contributed by atoms with Crippen molar-refractivity contribution < 1.29 is 5.11 Å². The van der Waals surface area contributed by atoms with E-state index in [1.54, 1.807) is 18.2 Å². The number of benzene rings is 1. The van der Waals surface area contributed by atoms with Crippen LogP contribution in [0.3, 0.4) is 0 Å². The molecule has 0 heterocycles. The van der Waals surface area contributed by atoms with Crippen molar-refractivity contribution in [1.82, 2.24) is 0 Å². The number of phenolic OH excluding ortho intramolecular Hbond substituents is 1. The molecule has 0 amide bonds. The SMILES string of the molecule is C=Cc1cc(O)ccc1CCCC. The summed E-state index contributed by atoms with van der Waals surface area (Å²) >= 11 is 0. The minimum Gasteiger partial charge on any atom is -0.508 e. The third kappa shape index (κ3) is 2.62. The maximum atomic E-state index is 9.25. The van der Waals surface area contributed by atoms with Crippen molar-refractivity contribution in [2.24, 2.45) is 0 Å². The monoisotopic (exact) mass is 176 g/mol. The van der Waals surface area contributed by atoms with Gasteiger partial charge in [-0.25, -0.2) is 0 Å². The van der Waals surface area contributed by atoms with Crippen molar-refractivity contribution in [3.63, 3.8) is 0 Å². The molecule has 1 aromatic carbocycles. The molecule has 0 fully saturated rings. The minimum absolute atomic E-state index is 0.315. The Labute approximate surface area is 79.7 Å². The van der Waals surface area contributed by atoms with Crippen molar-refractivity contribution in [2.45, 2.75) is 26.2 Å². The van der Waals surface area contributed by atoms with E-state index < -0.39 is 0 Å². The second-order valence-corrected chi connectivity index (χ2v) is 3.19. The van der Waals surface area contributed by atoms with Crippen LogP contribution in [0.1, 0.15) is 30.9 Å². The van der Waals surface area contributed by atoms with E-state index in [9.17, 15) is 5.11 Å². The van der Waals surface area contributed by atoms with Gasteiger partial charge in [-0.2, -0.15) is 0 Å². The van der Waals surface area contributed by atoms with Gasteiger partial charge in [-0.3, -0.25) is 0 Å². The summed E-state index contributed by atoms with van der Waals surface area (Å²) in [6.45, 7) is 5.90. The van der Waals surface area contributed by atoms with Gasteiger partial charge in [-0.05, 0) is 36.1 Å². The van der Waals surface area contributed by atoms with E-state index >= 15 is 0 Å². The van der Waals surface area contributed by atoms with Crippen LogP contribution in [0.15, 0.2) is 24.8 Å². The summed E-state index contributed by atoms with van der Waals surface area (Å²) in [5, 5.41) is 9.25. The van der Waals surface area contributed by atoms with Crippen LogP contribution in [-0.4, -0.2) is 5.11 Å². The fraction of sp³-hybridized carbons (Fsp3) is 0.333. The zero-order valence-corrected chi connectivity index (χ0v) is 8.09. The van der Waals surface area contributed by atoms with Gasteiger partial charge < -0.3 is 5.11 Å². The van der Waals surface area contributed by atoms with Gasteiger partial charge in [0.1, 0.15) is 5.75 Å². The Morgan fingerprint density at radius 3 is 2.85 bits per heavy atom. The Morgan fingerprint density at radius 1 is 1.46 bits per heavy atom. The van der Waals surface area contributed by atoms with Crippen LogP contribution in [0.4, 0.5) is 0 Å². The van der Waals surface area contributed by atoms with Gasteiger partial charge >= 0.3 is 0 Å². The molecule has 0 unspecified atom stereocenters. The molecule has 0 bridgehead atoms. The van der Waals surface area contributed by atoms with Crippen LogP contribution in [0.25, 0.3) is 6.08 Å². The average Bonchev–Trinajstić information content (AvgIpc) is 2.16. The first-order valence-electron chi connectivity index (χ1n) is 4.72. The number of aromatic hydroxyl groups is 1. The van der Waals surface area contributed by atoms with Crippen molar-refractivity contribution in [3.05, 3.63) is 35.9 Å². The quantitative estimate of drug-likeness (QED) is 0.745. The second-order valence-electron chi connectivity index (χ2n) is 3.19. The molecule has 1 aromatic rings. The molecule has 1 N–H and O–H groups in total. The largest absolute Gasteiger partial charge is 0.508 e. The van der Waals surface area contributed by atoms with Gasteiger partial charge in [0.2, 0.25) is 0 Å². The summed E-state index contributed by atoms with van der Waals surface area (Å²) in [6.07, 6.45) is 5.24. The van der Waals surface area contributed by atoms with Crippen molar-refractivity contribution in [3.8, 4) is 5.75 Å². The van der Waals surface area contributed by atoms with E-state index in [1.165, 1.54) is 18.4 Å². The lowest BCUT2D eigenvalue weighted by molar-refractivity contribution is 0.475. The van der Waals surface area contributed by atoms with Crippen LogP contribution in [0.5, 0.6) is 5.75 Å². The molecule has 0 spiro atoms. The van der Waals surface area contributed by atoms with Crippen molar-refractivity contribution in [1.29, 1.82) is 0 Å². The first-order valence-corrected chi connectivity index (χ1v) is 4.72. The molecular weight excluding hydrogens is 160 g/mol. The Hall–Kier alpha value is -1.24. The number of hydrogen-bond acceptors (Lipinski definition) is 1. The van der Waals surface area contributed by atoms with E-state index in [0.29, 0.717) is 5.75 Å². The average molecular weight is 176 g/mol. The smallest absolute Gasteiger partial charge is 0.116 e. The van der Waals surface area contributed by atoms with E-state index in [0.717, 1.165) is 12.0 Å². The van der Waals surface area contributed by atoms with Gasteiger partial charge in [0.05, 0.1) is 0 Å². The predicted molar refractivity (Wildman–Crippen MR) is 56.8 cm³/mol. The van der Waals surface area contributed by atoms with Crippen molar-refractivity contribution in [2.75, 3.05) is 0 Å². The maximum Gasteiger partial charge on any atom is 0.116 e. The molecule has 0 aromatic heterocycles. The molecule has 0 aliphatic rings. The van der Waals surface area contributed by atoms with Gasteiger partial charge in [-0.15, -0.1) is 0 Å². The molecular formula is C12H16O. The number of hydrogen-bond donors (Lipinski definition) is 1. The standard InChI is InChI=1S/C12H16O/c1-3-5-6-11-7-8-12(13)9-10(11)4-2/h4,7-9,13H,2-3,5-6H2,1H3. The molecule has 0 saturated heterocycles. The number of rotatable bonds is 4. The molecule has 0 radical (unpaired) electrons. The van der Waals surface area contributed by atoms with E-state index in [-0.39, 0.29) is 0 Å². The van der Waals surface area contributed by atoms with Gasteiger partial charge in [0.15, 0.2) is 0 Å². The molecule has 0 aliphatic carbocycles. The molecule has 1 heteroatoms. The third-order valence-corrected chi connectivity index (χ3v) is 2.15. The van der Waals surface area contributed by atoms with Crippen LogP contribution < -0.4 is 0 Å². The summed E-state index contributed by atoms with van der Waals surface area (Å²) in [5.41, 5.74) is 2.32. The van der Waals surface area contributed by atoms with Gasteiger partial charge in [-0.1, -0.05) is 32.1 Å². The summed E-state index contributed by atoms with van der Waals surface area (Å²) in [4.78, 5) is 0. The van der Waals surface area contributed by atoms with E-state index in [4.69, 9.17) is 0 Å². The molecule has 13 heavy (non-hydrogen) atoms. The molecule has 1 nitrogen and oxygen atoms in total. The highest BCUT2D eigenvalue weighted by molar-refractivity contribution is 5.54. The summed E-state index contributed by atoms with van der Waals surface area (Å²) in [7, 11) is 0. The Balaban J connectivity index is 2.86. The third-order valence-electron chi connectivity index (χ3n) is 2.15. The second kappa shape index (κ2) is 4.70. The molecule has 0 aliphatic heterocycles. The molecule has 70 valence electrons. The number of phenols is 1. The van der Waals surface area contributed by atoms with Crippen LogP contribution in [-0.2, 0) is 6.42 Å². The first-order chi connectivity index (χ1) is 6.27.